The molecule has 1 aliphatic rings. The highest BCUT2D eigenvalue weighted by Gasteiger charge is 2.25. The van der Waals surface area contributed by atoms with Crippen LogP contribution in [0.15, 0.2) is 42.5 Å². The highest BCUT2D eigenvalue weighted by molar-refractivity contribution is 5.90. The zero-order chi connectivity index (χ0) is 12.0. The number of hydrogen-bond acceptors (Lipinski definition) is 1. The standard InChI is InChI=1S/C15H12O2/c1-9-11-4-2-3-5-12(11)13-7-6-10(15(16)17)8-14(9)13/h2-9H,1H3,(H,16,17)/t9-/m1/s1. The normalized spacial score (nSPS) is 16.4. The van der Waals surface area contributed by atoms with Gasteiger partial charge in [0.2, 0.25) is 0 Å². The van der Waals surface area contributed by atoms with Gasteiger partial charge in [0.1, 0.15) is 0 Å². The summed E-state index contributed by atoms with van der Waals surface area (Å²) < 4.78 is 0. The molecule has 2 nitrogen and oxygen atoms in total. The molecule has 0 aliphatic heterocycles. The van der Waals surface area contributed by atoms with Gasteiger partial charge in [-0.1, -0.05) is 37.3 Å². The Kier molecular flexibility index (Phi) is 2.05. The maximum atomic E-state index is 11.0. The van der Waals surface area contributed by atoms with Crippen molar-refractivity contribution in [3.63, 3.8) is 0 Å². The molecule has 2 aromatic rings. The van der Waals surface area contributed by atoms with Crippen molar-refractivity contribution in [3.05, 3.63) is 59.2 Å². The molecule has 2 aromatic carbocycles. The van der Waals surface area contributed by atoms with Gasteiger partial charge < -0.3 is 5.11 Å². The predicted octanol–water partition coefficient (Wildman–Crippen LogP) is 3.52. The molecule has 0 aromatic heterocycles. The van der Waals surface area contributed by atoms with Crippen LogP contribution in [-0.4, -0.2) is 11.1 Å². The van der Waals surface area contributed by atoms with Crippen LogP contribution in [0.25, 0.3) is 11.1 Å². The lowest BCUT2D eigenvalue weighted by molar-refractivity contribution is 0.0697. The lowest BCUT2D eigenvalue weighted by Gasteiger charge is -2.06. The fraction of sp³-hybridized carbons (Fsp3) is 0.133. The van der Waals surface area contributed by atoms with E-state index in [-0.39, 0.29) is 5.92 Å². The SMILES string of the molecule is C[C@@H]1c2ccccc2-c2ccc(C(=O)O)cc21. The highest BCUT2D eigenvalue weighted by atomic mass is 16.4. The molecule has 1 atom stereocenters. The van der Waals surface area contributed by atoms with Crippen LogP contribution < -0.4 is 0 Å². The molecule has 1 aliphatic carbocycles. The van der Waals surface area contributed by atoms with Crippen molar-refractivity contribution >= 4 is 5.97 Å². The first kappa shape index (κ1) is 10.1. The first-order valence-electron chi connectivity index (χ1n) is 5.65. The molecule has 1 N–H and O–H groups in total. The van der Waals surface area contributed by atoms with Crippen molar-refractivity contribution in [1.29, 1.82) is 0 Å². The minimum atomic E-state index is -0.865. The van der Waals surface area contributed by atoms with Crippen LogP contribution in [0, 0.1) is 0 Å². The van der Waals surface area contributed by atoms with Gasteiger partial charge in [-0.3, -0.25) is 0 Å². The lowest BCUT2D eigenvalue weighted by atomic mass is 9.98. The van der Waals surface area contributed by atoms with E-state index in [4.69, 9.17) is 5.11 Å². The third-order valence-electron chi connectivity index (χ3n) is 3.48. The molecule has 2 heteroatoms. The summed E-state index contributed by atoms with van der Waals surface area (Å²) in [6.45, 7) is 2.12. The zero-order valence-electron chi connectivity index (χ0n) is 9.47. The molecule has 0 heterocycles. The average molecular weight is 224 g/mol. The summed E-state index contributed by atoms with van der Waals surface area (Å²) in [5, 5.41) is 9.02. The minimum Gasteiger partial charge on any atom is -0.478 e. The quantitative estimate of drug-likeness (QED) is 0.804. The van der Waals surface area contributed by atoms with E-state index in [1.165, 1.54) is 11.1 Å². The number of carboxylic acids is 1. The summed E-state index contributed by atoms with van der Waals surface area (Å²) in [7, 11) is 0. The number of hydrogen-bond donors (Lipinski definition) is 1. The summed E-state index contributed by atoms with van der Waals surface area (Å²) in [6.07, 6.45) is 0. The first-order chi connectivity index (χ1) is 8.18. The molecule has 0 fully saturated rings. The van der Waals surface area contributed by atoms with Gasteiger partial charge in [-0.25, -0.2) is 4.79 Å². The Labute approximate surface area is 99.5 Å². The van der Waals surface area contributed by atoms with Crippen molar-refractivity contribution in [1.82, 2.24) is 0 Å². The van der Waals surface area contributed by atoms with E-state index in [1.54, 1.807) is 12.1 Å². The molecule has 17 heavy (non-hydrogen) atoms. The van der Waals surface area contributed by atoms with Gasteiger partial charge >= 0.3 is 5.97 Å². The van der Waals surface area contributed by atoms with E-state index in [0.29, 0.717) is 5.56 Å². The Hall–Kier alpha value is -2.09. The lowest BCUT2D eigenvalue weighted by Crippen LogP contribution is -1.98. The predicted molar refractivity (Wildman–Crippen MR) is 66.4 cm³/mol. The topological polar surface area (TPSA) is 37.3 Å². The number of carbonyl (C=O) groups is 1. The fourth-order valence-electron chi connectivity index (χ4n) is 2.59. The fourth-order valence-corrected chi connectivity index (χ4v) is 2.59. The second-order valence-corrected chi connectivity index (χ2v) is 4.42. The van der Waals surface area contributed by atoms with Gasteiger partial charge in [-0.2, -0.15) is 0 Å². The molecule has 0 saturated heterocycles. The Morgan fingerprint density at radius 2 is 1.76 bits per heavy atom. The summed E-state index contributed by atoms with van der Waals surface area (Å²) in [6, 6.07) is 13.6. The molecule has 84 valence electrons. The Morgan fingerprint density at radius 3 is 2.53 bits per heavy atom. The molecule has 3 rings (SSSR count). The maximum absolute atomic E-state index is 11.0. The molecule has 0 saturated carbocycles. The van der Waals surface area contributed by atoms with Crippen LogP contribution in [0.1, 0.15) is 34.3 Å². The van der Waals surface area contributed by atoms with Crippen LogP contribution in [0.4, 0.5) is 0 Å². The van der Waals surface area contributed by atoms with E-state index in [1.807, 2.05) is 18.2 Å². The average Bonchev–Trinajstić information content (AvgIpc) is 2.64. The summed E-state index contributed by atoms with van der Waals surface area (Å²) in [5.41, 5.74) is 5.16. The van der Waals surface area contributed by atoms with E-state index in [0.717, 1.165) is 11.1 Å². The van der Waals surface area contributed by atoms with Crippen LogP contribution in [-0.2, 0) is 0 Å². The van der Waals surface area contributed by atoms with Crippen molar-refractivity contribution in [3.8, 4) is 11.1 Å². The van der Waals surface area contributed by atoms with E-state index in [2.05, 4.69) is 19.1 Å². The Morgan fingerprint density at radius 1 is 1.06 bits per heavy atom. The summed E-state index contributed by atoms with van der Waals surface area (Å²) in [4.78, 5) is 11.0. The van der Waals surface area contributed by atoms with Crippen LogP contribution in [0.5, 0.6) is 0 Å². The van der Waals surface area contributed by atoms with Crippen molar-refractivity contribution in [2.45, 2.75) is 12.8 Å². The van der Waals surface area contributed by atoms with Crippen molar-refractivity contribution in [2.75, 3.05) is 0 Å². The number of benzene rings is 2. The number of rotatable bonds is 1. The molecule has 0 amide bonds. The number of carboxylic acid groups (broad SMARTS) is 1. The largest absolute Gasteiger partial charge is 0.478 e. The van der Waals surface area contributed by atoms with Crippen LogP contribution >= 0.6 is 0 Å². The maximum Gasteiger partial charge on any atom is 0.335 e. The second-order valence-electron chi connectivity index (χ2n) is 4.42. The highest BCUT2D eigenvalue weighted by Crippen LogP contribution is 2.44. The number of fused-ring (bicyclic) bond motifs is 3. The van der Waals surface area contributed by atoms with E-state index < -0.39 is 5.97 Å². The Balaban J connectivity index is 2.24. The molecular formula is C15H12O2. The van der Waals surface area contributed by atoms with Gasteiger partial charge in [0.05, 0.1) is 5.56 Å². The van der Waals surface area contributed by atoms with E-state index in [9.17, 15) is 4.79 Å². The molecule has 0 radical (unpaired) electrons. The third kappa shape index (κ3) is 1.37. The van der Waals surface area contributed by atoms with Gasteiger partial charge in [0, 0.05) is 5.92 Å². The molecule has 0 spiro atoms. The first-order valence-corrected chi connectivity index (χ1v) is 5.65. The third-order valence-corrected chi connectivity index (χ3v) is 3.48. The summed E-state index contributed by atoms with van der Waals surface area (Å²) >= 11 is 0. The molecule has 0 unspecified atom stereocenters. The zero-order valence-corrected chi connectivity index (χ0v) is 9.47. The van der Waals surface area contributed by atoms with Gasteiger partial charge in [0.15, 0.2) is 0 Å². The Bertz CT molecular complexity index is 614. The van der Waals surface area contributed by atoms with Crippen molar-refractivity contribution in [2.24, 2.45) is 0 Å². The van der Waals surface area contributed by atoms with Gasteiger partial charge in [-0.15, -0.1) is 0 Å². The minimum absolute atomic E-state index is 0.278. The molecular weight excluding hydrogens is 212 g/mol. The monoisotopic (exact) mass is 224 g/mol. The van der Waals surface area contributed by atoms with Gasteiger partial charge in [0.25, 0.3) is 0 Å². The second kappa shape index (κ2) is 3.45. The molecule has 0 bridgehead atoms. The van der Waals surface area contributed by atoms with Crippen molar-refractivity contribution < 1.29 is 9.90 Å². The van der Waals surface area contributed by atoms with Crippen LogP contribution in [0.2, 0.25) is 0 Å². The number of aromatic carboxylic acids is 1. The van der Waals surface area contributed by atoms with Crippen LogP contribution in [0.3, 0.4) is 0 Å². The van der Waals surface area contributed by atoms with E-state index >= 15 is 0 Å². The summed E-state index contributed by atoms with van der Waals surface area (Å²) in [5.74, 6) is -0.587. The smallest absolute Gasteiger partial charge is 0.335 e. The van der Waals surface area contributed by atoms with Gasteiger partial charge in [-0.05, 0) is 34.4 Å².